The van der Waals surface area contributed by atoms with Crippen molar-refractivity contribution in [2.75, 3.05) is 62.6 Å². The third-order valence-electron chi connectivity index (χ3n) is 13.8. The number of aromatic amines is 1. The van der Waals surface area contributed by atoms with E-state index in [1.807, 2.05) is 42.6 Å². The van der Waals surface area contributed by atoms with Crippen LogP contribution in [0.15, 0.2) is 102 Å². The summed E-state index contributed by atoms with van der Waals surface area (Å²) >= 11 is 6.27. The monoisotopic (exact) mass is 935 g/mol. The number of carbonyl (C=O) groups excluding carboxylic acids is 1. The largest absolute Gasteiger partial charge is 0.454 e. The predicted molar refractivity (Wildman–Crippen MR) is 259 cm³/mol. The second-order valence-electron chi connectivity index (χ2n) is 18.9. The first kappa shape index (κ1) is 45.7. The third-order valence-corrected chi connectivity index (χ3v) is 15.4. The number of nitrogens with zero attached hydrogens (tertiary/aromatic N) is 3. The molecule has 3 heterocycles. The maximum Gasteiger partial charge on any atom is 0.293 e. The lowest BCUT2D eigenvalue weighted by molar-refractivity contribution is -0.384. The quantitative estimate of drug-likeness (QED) is 0.0655. The van der Waals surface area contributed by atoms with E-state index in [2.05, 4.69) is 56.1 Å². The number of nitro groups is 1. The number of benzene rings is 4. The predicted octanol–water partition coefficient (Wildman–Crippen LogP) is 9.39. The van der Waals surface area contributed by atoms with E-state index in [4.69, 9.17) is 21.1 Å². The molecule has 348 valence electrons. The molecule has 2 aliphatic heterocycles. The highest BCUT2D eigenvalue weighted by atomic mass is 35.5. The number of hydrogen-bond donors (Lipinski definition) is 4. The molecular weight excluding hydrogens is 878 g/mol. The van der Waals surface area contributed by atoms with Crippen molar-refractivity contribution < 1.29 is 27.6 Å². The molecule has 0 spiro atoms. The molecule has 2 saturated heterocycles. The van der Waals surface area contributed by atoms with E-state index in [-0.39, 0.29) is 40.2 Å². The fraction of sp³-hybridized carbons (Fsp3) is 0.420. The molecule has 16 heteroatoms. The zero-order chi connectivity index (χ0) is 46.0. The number of allylic oxidation sites excluding steroid dienone is 1. The van der Waals surface area contributed by atoms with Gasteiger partial charge in [-0.3, -0.25) is 19.8 Å². The van der Waals surface area contributed by atoms with Gasteiger partial charge in [0.2, 0.25) is 0 Å². The lowest BCUT2D eigenvalue weighted by Gasteiger charge is -2.39. The van der Waals surface area contributed by atoms with Crippen LogP contribution in [0.25, 0.3) is 16.5 Å². The third kappa shape index (κ3) is 10.4. The number of amides is 1. The zero-order valence-electron chi connectivity index (χ0n) is 37.5. The lowest BCUT2D eigenvalue weighted by Crippen LogP contribution is -2.47. The normalized spacial score (nSPS) is 21.7. The summed E-state index contributed by atoms with van der Waals surface area (Å²) in [6, 6.07) is 24.5. The van der Waals surface area contributed by atoms with Gasteiger partial charge in [0.25, 0.3) is 21.6 Å². The molecule has 2 aliphatic carbocycles. The first-order valence-corrected chi connectivity index (χ1v) is 24.9. The summed E-state index contributed by atoms with van der Waals surface area (Å²) in [6.45, 7) is 10.7. The Morgan fingerprint density at radius 3 is 2.52 bits per heavy atom. The molecule has 1 amide bonds. The van der Waals surface area contributed by atoms with Gasteiger partial charge in [0, 0.05) is 80.0 Å². The molecule has 9 rings (SSSR count). The molecule has 66 heavy (non-hydrogen) atoms. The number of para-hydroxylation sites is 1. The number of rotatable bonds is 13. The number of carbonyl (C=O) groups is 1. The number of aromatic nitrogens is 1. The molecule has 1 unspecified atom stereocenters. The van der Waals surface area contributed by atoms with Crippen molar-refractivity contribution in [2.24, 2.45) is 11.3 Å². The molecule has 1 saturated carbocycles. The van der Waals surface area contributed by atoms with Crippen molar-refractivity contribution in [1.29, 1.82) is 0 Å². The van der Waals surface area contributed by atoms with Crippen LogP contribution in [0, 0.1) is 21.4 Å². The Bertz CT molecular complexity index is 2720. The maximum absolute atomic E-state index is 14.3. The highest BCUT2D eigenvalue weighted by molar-refractivity contribution is 7.90. The van der Waals surface area contributed by atoms with Gasteiger partial charge in [-0.2, -0.15) is 0 Å². The molecule has 4 aromatic carbocycles. The van der Waals surface area contributed by atoms with E-state index < -0.39 is 25.7 Å². The Morgan fingerprint density at radius 1 is 0.985 bits per heavy atom. The number of H-pyrrole nitrogens is 1. The summed E-state index contributed by atoms with van der Waals surface area (Å²) in [5, 5.41) is 20.7. The molecule has 3 fully saturated rings. The lowest BCUT2D eigenvalue weighted by atomic mass is 9.72. The molecule has 1 atom stereocenters. The number of ether oxygens (including phenoxy) is 2. The molecule has 0 radical (unpaired) electrons. The number of piperazine rings is 1. The number of halogens is 1. The second kappa shape index (κ2) is 19.4. The van der Waals surface area contributed by atoms with E-state index in [1.165, 1.54) is 34.9 Å². The standard InChI is InChI=1S/C50H58ClN7O7S/c1-50(2)20-18-36(42(30-50)33-6-10-37(51)11-7-33)32-56-23-25-57(26-24-56)45-5-3-4-41(48(45)65-39-14-16-43-35(28-39)19-21-53-43)49(59)55-66(62,63)40-15-17-44(46(29-40)58(60)61)54-38-12-8-34(9-13-38)47-31-52-22-27-64-47/h3-7,10-11,14-17,19,21,28-29,34,38,47,52-54H,8-9,12-13,18,20,22-27,30-32H2,1-2H3,(H,55,59). The molecule has 4 N–H and O–H groups in total. The number of morpholine rings is 1. The first-order valence-electron chi connectivity index (χ1n) is 23.1. The maximum atomic E-state index is 14.3. The van der Waals surface area contributed by atoms with Gasteiger partial charge in [-0.15, -0.1) is 0 Å². The average Bonchev–Trinajstić information content (AvgIpc) is 3.79. The van der Waals surface area contributed by atoms with Crippen molar-refractivity contribution in [3.63, 3.8) is 0 Å². The zero-order valence-corrected chi connectivity index (χ0v) is 39.1. The van der Waals surface area contributed by atoms with Crippen LogP contribution in [0.1, 0.15) is 74.7 Å². The molecule has 14 nitrogen and oxygen atoms in total. The number of nitrogens with one attached hydrogen (secondary N) is 4. The van der Waals surface area contributed by atoms with Gasteiger partial charge < -0.3 is 30.0 Å². The fourth-order valence-corrected chi connectivity index (χ4v) is 11.2. The van der Waals surface area contributed by atoms with Gasteiger partial charge in [-0.25, -0.2) is 13.1 Å². The van der Waals surface area contributed by atoms with Gasteiger partial charge >= 0.3 is 0 Å². The molecule has 4 aliphatic rings. The van der Waals surface area contributed by atoms with Crippen molar-refractivity contribution in [2.45, 2.75) is 75.8 Å². The minimum Gasteiger partial charge on any atom is -0.454 e. The number of fused-ring (bicyclic) bond motifs is 1. The molecule has 5 aromatic rings. The van der Waals surface area contributed by atoms with Crippen molar-refractivity contribution in [3.05, 3.63) is 123 Å². The van der Waals surface area contributed by atoms with Crippen molar-refractivity contribution in [1.82, 2.24) is 19.9 Å². The second-order valence-corrected chi connectivity index (χ2v) is 21.0. The number of nitro benzene ring substituents is 1. The summed E-state index contributed by atoms with van der Waals surface area (Å²) in [4.78, 5) is 33.5. The van der Waals surface area contributed by atoms with Gasteiger partial charge in [-0.05, 0) is 128 Å². The smallest absolute Gasteiger partial charge is 0.293 e. The van der Waals surface area contributed by atoms with E-state index in [0.29, 0.717) is 37.1 Å². The topological polar surface area (TPSA) is 171 Å². The summed E-state index contributed by atoms with van der Waals surface area (Å²) in [7, 11) is -4.58. The van der Waals surface area contributed by atoms with Crippen LogP contribution in [0.4, 0.5) is 17.1 Å². The Labute approximate surface area is 391 Å². The van der Waals surface area contributed by atoms with Crippen LogP contribution in [0.5, 0.6) is 11.5 Å². The van der Waals surface area contributed by atoms with Gasteiger partial charge in [0.15, 0.2) is 5.75 Å². The van der Waals surface area contributed by atoms with E-state index in [1.54, 1.807) is 12.1 Å². The number of sulfonamides is 1. The summed E-state index contributed by atoms with van der Waals surface area (Å²) in [6.07, 6.45) is 8.60. The SMILES string of the molecule is CC1(C)CCC(CN2CCN(c3cccc(C(=O)NS(=O)(=O)c4ccc(NC5CCC(C6CNCCO6)CC5)c([N+](=O)[O-])c4)c3Oc3ccc4[nH]ccc4c3)CC2)=C(c2ccc(Cl)cc2)C1. The van der Waals surface area contributed by atoms with Crippen LogP contribution in [-0.2, 0) is 14.8 Å². The Hall–Kier alpha value is -5.45. The highest BCUT2D eigenvalue weighted by Crippen LogP contribution is 2.44. The van der Waals surface area contributed by atoms with Gasteiger partial charge in [-0.1, -0.05) is 49.2 Å². The van der Waals surface area contributed by atoms with E-state index in [0.717, 1.165) is 99.7 Å². The van der Waals surface area contributed by atoms with E-state index in [9.17, 15) is 23.3 Å². The van der Waals surface area contributed by atoms with E-state index >= 15 is 0 Å². The van der Waals surface area contributed by atoms with Crippen LogP contribution in [0.3, 0.4) is 0 Å². The summed E-state index contributed by atoms with van der Waals surface area (Å²) < 4.78 is 42.7. The van der Waals surface area contributed by atoms with Gasteiger partial charge in [0.05, 0.1) is 33.8 Å². The minimum absolute atomic E-state index is 0.00745. The fourth-order valence-electron chi connectivity index (χ4n) is 10.1. The molecular formula is C50H58ClN7O7S. The van der Waals surface area contributed by atoms with Crippen LogP contribution < -0.4 is 25.0 Å². The average molecular weight is 937 g/mol. The van der Waals surface area contributed by atoms with Gasteiger partial charge in [0.1, 0.15) is 11.4 Å². The highest BCUT2D eigenvalue weighted by Gasteiger charge is 2.33. The van der Waals surface area contributed by atoms with Crippen LogP contribution >= 0.6 is 11.6 Å². The first-order chi connectivity index (χ1) is 31.8. The number of hydrogen-bond acceptors (Lipinski definition) is 11. The Balaban J connectivity index is 0.930. The van der Waals surface area contributed by atoms with Crippen LogP contribution in [-0.4, -0.2) is 93.7 Å². The summed E-state index contributed by atoms with van der Waals surface area (Å²) in [5.74, 6) is 0.175. The Morgan fingerprint density at radius 2 is 1.77 bits per heavy atom. The Kier molecular flexibility index (Phi) is 13.4. The minimum atomic E-state index is -4.58. The van der Waals surface area contributed by atoms with Crippen LogP contribution in [0.2, 0.25) is 5.02 Å². The van der Waals surface area contributed by atoms with Crippen molar-refractivity contribution >= 4 is 61.1 Å². The summed E-state index contributed by atoms with van der Waals surface area (Å²) in [5.41, 5.74) is 5.69. The number of anilines is 2. The van der Waals surface area contributed by atoms with Crippen molar-refractivity contribution in [3.8, 4) is 11.5 Å². The molecule has 0 bridgehead atoms. The molecule has 1 aromatic heterocycles.